The second-order valence-corrected chi connectivity index (χ2v) is 6.41. The van der Waals surface area contributed by atoms with Crippen molar-refractivity contribution in [1.29, 1.82) is 0 Å². The van der Waals surface area contributed by atoms with Crippen LogP contribution in [-0.2, 0) is 0 Å². The molecule has 1 aromatic carbocycles. The summed E-state index contributed by atoms with van der Waals surface area (Å²) in [5.41, 5.74) is 4.13. The van der Waals surface area contributed by atoms with Crippen molar-refractivity contribution in [3.8, 4) is 11.5 Å². The van der Waals surface area contributed by atoms with Gasteiger partial charge < -0.3 is 9.47 Å². The first-order chi connectivity index (χ1) is 12.0. The van der Waals surface area contributed by atoms with E-state index < -0.39 is 4.92 Å². The van der Waals surface area contributed by atoms with Gasteiger partial charge in [0, 0.05) is 16.5 Å². The van der Waals surface area contributed by atoms with E-state index in [0.717, 1.165) is 17.0 Å². The number of ether oxygens (including phenoxy) is 2. The Bertz CT molecular complexity index is 769. The van der Waals surface area contributed by atoms with Crippen LogP contribution in [0.4, 0.5) is 10.8 Å². The zero-order chi connectivity index (χ0) is 18.4. The van der Waals surface area contributed by atoms with E-state index in [2.05, 4.69) is 15.5 Å². The fourth-order valence-corrected chi connectivity index (χ4v) is 2.77. The number of thiazole rings is 1. The van der Waals surface area contributed by atoms with Crippen LogP contribution >= 0.6 is 11.3 Å². The van der Waals surface area contributed by atoms with Crippen LogP contribution in [0.1, 0.15) is 29.5 Å². The van der Waals surface area contributed by atoms with Crippen LogP contribution < -0.4 is 14.9 Å². The standard InChI is InChI=1S/C16H20N4O4S/c1-5-6-24-15-13(20(21)22)7-12(8-14(15)23-4)9-17-19-16-18-10(2)11(3)25-16/h7-9H,5-6H2,1-4H3,(H,18,19)/b17-9-. The molecule has 1 N–H and O–H groups in total. The van der Waals surface area contributed by atoms with Crippen LogP contribution in [0.15, 0.2) is 17.2 Å². The Morgan fingerprint density at radius 2 is 2.20 bits per heavy atom. The smallest absolute Gasteiger partial charge is 0.315 e. The van der Waals surface area contributed by atoms with Crippen molar-refractivity contribution in [1.82, 2.24) is 4.98 Å². The first kappa shape index (κ1) is 18.7. The maximum atomic E-state index is 11.3. The minimum absolute atomic E-state index is 0.130. The zero-order valence-electron chi connectivity index (χ0n) is 14.5. The van der Waals surface area contributed by atoms with Gasteiger partial charge in [-0.1, -0.05) is 6.92 Å². The lowest BCUT2D eigenvalue weighted by molar-refractivity contribution is -0.386. The number of aryl methyl sites for hydroxylation is 2. The Hall–Kier alpha value is -2.68. The van der Waals surface area contributed by atoms with Crippen molar-refractivity contribution in [2.45, 2.75) is 27.2 Å². The predicted molar refractivity (Wildman–Crippen MR) is 98.2 cm³/mol. The zero-order valence-corrected chi connectivity index (χ0v) is 15.3. The van der Waals surface area contributed by atoms with Crippen LogP contribution in [0.25, 0.3) is 0 Å². The van der Waals surface area contributed by atoms with E-state index >= 15 is 0 Å². The Balaban J connectivity index is 2.26. The van der Waals surface area contributed by atoms with E-state index in [1.807, 2.05) is 20.8 Å². The minimum Gasteiger partial charge on any atom is -0.493 e. The number of nitro groups is 1. The van der Waals surface area contributed by atoms with Crippen LogP contribution in [0.3, 0.4) is 0 Å². The molecule has 0 amide bonds. The van der Waals surface area contributed by atoms with Crippen LogP contribution in [0.2, 0.25) is 0 Å². The van der Waals surface area contributed by atoms with Gasteiger partial charge in [-0.25, -0.2) is 4.98 Å². The van der Waals surface area contributed by atoms with Gasteiger partial charge in [0.05, 0.1) is 30.5 Å². The topological polar surface area (TPSA) is 98.9 Å². The normalized spacial score (nSPS) is 10.9. The number of hydrogen-bond acceptors (Lipinski definition) is 8. The second kappa shape index (κ2) is 8.43. The average molecular weight is 364 g/mol. The summed E-state index contributed by atoms with van der Waals surface area (Å²) < 4.78 is 10.7. The minimum atomic E-state index is -0.494. The summed E-state index contributed by atoms with van der Waals surface area (Å²) in [5, 5.41) is 16.1. The Morgan fingerprint density at radius 3 is 2.76 bits per heavy atom. The molecule has 0 aliphatic carbocycles. The number of benzene rings is 1. The molecular formula is C16H20N4O4S. The Morgan fingerprint density at radius 1 is 1.44 bits per heavy atom. The van der Waals surface area contributed by atoms with Gasteiger partial charge in [-0.05, 0) is 26.3 Å². The molecular weight excluding hydrogens is 344 g/mol. The Kier molecular flexibility index (Phi) is 6.29. The molecule has 9 heteroatoms. The van der Waals surface area contributed by atoms with Gasteiger partial charge in [-0.3, -0.25) is 15.5 Å². The molecule has 0 aliphatic heterocycles. The van der Waals surface area contributed by atoms with Crippen LogP contribution in [-0.4, -0.2) is 29.8 Å². The summed E-state index contributed by atoms with van der Waals surface area (Å²) in [6.07, 6.45) is 2.21. The summed E-state index contributed by atoms with van der Waals surface area (Å²) in [6, 6.07) is 3.04. The highest BCUT2D eigenvalue weighted by Crippen LogP contribution is 2.38. The maximum Gasteiger partial charge on any atom is 0.315 e. The van der Waals surface area contributed by atoms with Crippen molar-refractivity contribution >= 4 is 28.4 Å². The van der Waals surface area contributed by atoms with Crippen LogP contribution in [0.5, 0.6) is 11.5 Å². The number of aromatic nitrogens is 1. The summed E-state index contributed by atoms with van der Waals surface area (Å²) in [4.78, 5) is 16.3. The SMILES string of the molecule is CCCOc1c(OC)cc(/C=N\Nc2nc(C)c(C)s2)cc1[N+](=O)[O-]. The quantitative estimate of drug-likeness (QED) is 0.433. The first-order valence-corrected chi connectivity index (χ1v) is 8.50. The van der Waals surface area contributed by atoms with Gasteiger partial charge in [-0.2, -0.15) is 5.10 Å². The molecule has 0 saturated heterocycles. The van der Waals surface area contributed by atoms with E-state index in [-0.39, 0.29) is 11.4 Å². The van der Waals surface area contributed by atoms with Crippen molar-refractivity contribution < 1.29 is 14.4 Å². The lowest BCUT2D eigenvalue weighted by atomic mass is 10.2. The molecule has 0 spiro atoms. The molecule has 1 aromatic heterocycles. The van der Waals surface area contributed by atoms with Crippen molar-refractivity contribution in [3.05, 3.63) is 38.4 Å². The number of nitrogens with one attached hydrogen (secondary N) is 1. The van der Waals surface area contributed by atoms with Gasteiger partial charge in [-0.15, -0.1) is 11.3 Å². The number of rotatable bonds is 8. The maximum absolute atomic E-state index is 11.3. The lowest BCUT2D eigenvalue weighted by Gasteiger charge is -2.11. The molecule has 8 nitrogen and oxygen atoms in total. The number of hydrazone groups is 1. The molecule has 2 aromatic rings. The molecule has 1 heterocycles. The van der Waals surface area contributed by atoms with Gasteiger partial charge >= 0.3 is 5.69 Å². The summed E-state index contributed by atoms with van der Waals surface area (Å²) >= 11 is 1.49. The third-order valence-electron chi connectivity index (χ3n) is 3.33. The monoisotopic (exact) mass is 364 g/mol. The fraction of sp³-hybridized carbons (Fsp3) is 0.375. The summed E-state index contributed by atoms with van der Waals surface area (Å²) in [5.74, 6) is 0.427. The van der Waals surface area contributed by atoms with E-state index in [9.17, 15) is 10.1 Å². The molecule has 0 aliphatic rings. The number of hydrogen-bond donors (Lipinski definition) is 1. The number of methoxy groups -OCH3 is 1. The van der Waals surface area contributed by atoms with E-state index in [0.29, 0.717) is 23.1 Å². The van der Waals surface area contributed by atoms with E-state index in [4.69, 9.17) is 9.47 Å². The molecule has 0 fully saturated rings. The molecule has 0 unspecified atom stereocenters. The van der Waals surface area contributed by atoms with Crippen LogP contribution in [0, 0.1) is 24.0 Å². The van der Waals surface area contributed by atoms with Crippen molar-refractivity contribution in [2.75, 3.05) is 19.1 Å². The van der Waals surface area contributed by atoms with Crippen molar-refractivity contribution in [3.63, 3.8) is 0 Å². The van der Waals surface area contributed by atoms with Gasteiger partial charge in [0.1, 0.15) is 0 Å². The highest BCUT2D eigenvalue weighted by Gasteiger charge is 2.21. The second-order valence-electron chi connectivity index (χ2n) is 5.21. The number of nitrogens with zero attached hydrogens (tertiary/aromatic N) is 3. The molecule has 25 heavy (non-hydrogen) atoms. The summed E-state index contributed by atoms with van der Waals surface area (Å²) in [7, 11) is 1.44. The molecule has 0 atom stereocenters. The van der Waals surface area contributed by atoms with Gasteiger partial charge in [0.25, 0.3) is 0 Å². The fourth-order valence-electron chi connectivity index (χ4n) is 2.00. The third kappa shape index (κ3) is 4.66. The molecule has 134 valence electrons. The number of nitro benzene ring substituents is 1. The Labute approximate surface area is 149 Å². The molecule has 0 bridgehead atoms. The predicted octanol–water partition coefficient (Wildman–Crippen LogP) is 3.91. The molecule has 0 saturated carbocycles. The molecule has 0 radical (unpaired) electrons. The van der Waals surface area contributed by atoms with E-state index in [1.165, 1.54) is 30.7 Å². The first-order valence-electron chi connectivity index (χ1n) is 7.68. The van der Waals surface area contributed by atoms with Crippen molar-refractivity contribution in [2.24, 2.45) is 5.10 Å². The highest BCUT2D eigenvalue weighted by molar-refractivity contribution is 7.15. The summed E-state index contributed by atoms with van der Waals surface area (Å²) in [6.45, 7) is 6.19. The largest absolute Gasteiger partial charge is 0.493 e. The molecule has 2 rings (SSSR count). The van der Waals surface area contributed by atoms with Gasteiger partial charge in [0.15, 0.2) is 5.75 Å². The highest BCUT2D eigenvalue weighted by atomic mass is 32.1. The third-order valence-corrected chi connectivity index (χ3v) is 4.30. The lowest BCUT2D eigenvalue weighted by Crippen LogP contribution is -2.03. The van der Waals surface area contributed by atoms with E-state index in [1.54, 1.807) is 6.07 Å². The average Bonchev–Trinajstić information content (AvgIpc) is 2.90. The number of anilines is 1. The van der Waals surface area contributed by atoms with Gasteiger partial charge in [0.2, 0.25) is 10.9 Å².